The summed E-state index contributed by atoms with van der Waals surface area (Å²) in [6.45, 7) is 6.65. The summed E-state index contributed by atoms with van der Waals surface area (Å²) in [6.07, 6.45) is 3.23. The summed E-state index contributed by atoms with van der Waals surface area (Å²) in [6, 6.07) is 9.00. The van der Waals surface area contributed by atoms with Crippen molar-refractivity contribution >= 4 is 10.9 Å². The Kier molecular flexibility index (Phi) is 4.82. The van der Waals surface area contributed by atoms with E-state index in [1.165, 1.54) is 22.2 Å². The highest BCUT2D eigenvalue weighted by Gasteiger charge is 2.28. The number of para-hydroxylation sites is 1. The molecule has 2 aliphatic rings. The number of benzene rings is 1. The lowest BCUT2D eigenvalue weighted by Crippen LogP contribution is -2.52. The predicted octanol–water partition coefficient (Wildman–Crippen LogP) is 1.70. The number of fused-ring (bicyclic) bond motifs is 3. The average Bonchev–Trinajstić information content (AvgIpc) is 2.98. The third-order valence-corrected chi connectivity index (χ3v) is 5.53. The van der Waals surface area contributed by atoms with E-state index in [0.717, 1.165) is 45.6 Å². The summed E-state index contributed by atoms with van der Waals surface area (Å²) in [4.78, 5) is 5.86. The molecule has 1 fully saturated rings. The molecule has 2 unspecified atom stereocenters. The van der Waals surface area contributed by atoms with Gasteiger partial charge in [0.2, 0.25) is 0 Å². The molecule has 2 aromatic rings. The van der Waals surface area contributed by atoms with Crippen molar-refractivity contribution in [3.8, 4) is 0 Å². The Hall–Kier alpha value is -1.40. The Morgan fingerprint density at radius 3 is 2.96 bits per heavy atom. The lowest BCUT2D eigenvalue weighted by atomic mass is 9.91. The maximum atomic E-state index is 10.8. The topological polar surface area (TPSA) is 60.5 Å². The van der Waals surface area contributed by atoms with Crippen LogP contribution in [0.4, 0.5) is 0 Å². The molecule has 1 saturated heterocycles. The lowest BCUT2D eigenvalue weighted by Gasteiger charge is -2.35. The maximum Gasteiger partial charge on any atom is 0.0869 e. The van der Waals surface area contributed by atoms with E-state index < -0.39 is 5.60 Å². The Morgan fingerprint density at radius 1 is 1.32 bits per heavy atom. The second-order valence-electron chi connectivity index (χ2n) is 7.83. The van der Waals surface area contributed by atoms with Gasteiger partial charge in [0, 0.05) is 48.8 Å². The molecule has 136 valence electrons. The highest BCUT2D eigenvalue weighted by atomic mass is 16.5. The normalized spacial score (nSPS) is 24.2. The number of hydrogen-bond donors (Lipinski definition) is 3. The summed E-state index contributed by atoms with van der Waals surface area (Å²) in [7, 11) is 0. The van der Waals surface area contributed by atoms with Gasteiger partial charge in [0.15, 0.2) is 0 Å². The molecule has 5 heteroatoms. The smallest absolute Gasteiger partial charge is 0.0869 e. The molecule has 0 amide bonds. The van der Waals surface area contributed by atoms with Gasteiger partial charge in [-0.15, -0.1) is 0 Å². The van der Waals surface area contributed by atoms with Crippen molar-refractivity contribution in [2.75, 3.05) is 39.4 Å². The maximum absolute atomic E-state index is 10.8. The Morgan fingerprint density at radius 2 is 2.12 bits per heavy atom. The number of H-pyrrole nitrogens is 1. The summed E-state index contributed by atoms with van der Waals surface area (Å²) < 4.78 is 5.39. The van der Waals surface area contributed by atoms with E-state index in [2.05, 4.69) is 39.5 Å². The van der Waals surface area contributed by atoms with Crippen molar-refractivity contribution in [1.29, 1.82) is 0 Å². The van der Waals surface area contributed by atoms with Gasteiger partial charge in [0.05, 0.1) is 18.8 Å². The van der Waals surface area contributed by atoms with E-state index in [4.69, 9.17) is 4.74 Å². The number of ether oxygens (including phenoxy) is 1. The third-order valence-electron chi connectivity index (χ3n) is 5.53. The molecule has 0 spiro atoms. The third kappa shape index (κ3) is 3.90. The van der Waals surface area contributed by atoms with Crippen LogP contribution in [0.5, 0.6) is 0 Å². The van der Waals surface area contributed by atoms with Gasteiger partial charge in [-0.25, -0.2) is 0 Å². The van der Waals surface area contributed by atoms with E-state index in [1.807, 2.05) is 6.92 Å². The van der Waals surface area contributed by atoms with Crippen LogP contribution in [0.25, 0.3) is 10.9 Å². The first-order valence-electron chi connectivity index (χ1n) is 9.45. The minimum Gasteiger partial charge on any atom is -0.388 e. The Bertz CT molecular complexity index is 719. The average molecular weight is 343 g/mol. The molecule has 1 aliphatic heterocycles. The highest BCUT2D eigenvalue weighted by molar-refractivity contribution is 5.84. The monoisotopic (exact) mass is 343 g/mol. The zero-order chi connectivity index (χ0) is 17.3. The number of β-amino-alcohol motifs (C(OH)–C–C–N with tert-alkyl or cyclic N) is 1. The fourth-order valence-electron chi connectivity index (χ4n) is 4.20. The molecule has 0 radical (unpaired) electrons. The quantitative estimate of drug-likeness (QED) is 0.773. The number of nitrogens with zero attached hydrogens (tertiary/aromatic N) is 1. The number of rotatable bonds is 5. The first-order chi connectivity index (χ1) is 12.1. The van der Waals surface area contributed by atoms with Crippen molar-refractivity contribution in [2.24, 2.45) is 0 Å². The largest absolute Gasteiger partial charge is 0.388 e. The summed E-state index contributed by atoms with van der Waals surface area (Å²) in [5, 5.41) is 15.7. The van der Waals surface area contributed by atoms with Crippen LogP contribution >= 0.6 is 0 Å². The van der Waals surface area contributed by atoms with E-state index in [1.54, 1.807) is 0 Å². The van der Waals surface area contributed by atoms with Gasteiger partial charge in [0.25, 0.3) is 0 Å². The van der Waals surface area contributed by atoms with Crippen molar-refractivity contribution in [1.82, 2.24) is 15.2 Å². The molecule has 1 aromatic carbocycles. The predicted molar refractivity (Wildman–Crippen MR) is 100.0 cm³/mol. The van der Waals surface area contributed by atoms with Crippen molar-refractivity contribution < 1.29 is 9.84 Å². The molecule has 0 saturated carbocycles. The number of nitrogens with one attached hydrogen (secondary N) is 2. The van der Waals surface area contributed by atoms with E-state index in [0.29, 0.717) is 19.1 Å². The summed E-state index contributed by atoms with van der Waals surface area (Å²) in [5.41, 5.74) is 3.37. The number of aromatic amines is 1. The number of hydrogen-bond acceptors (Lipinski definition) is 4. The molecular formula is C20H29N3O2. The number of aryl methyl sites for hydroxylation is 1. The zero-order valence-corrected chi connectivity index (χ0v) is 15.1. The minimum absolute atomic E-state index is 0.433. The molecule has 2 atom stereocenters. The summed E-state index contributed by atoms with van der Waals surface area (Å²) in [5.74, 6) is 0. The molecule has 25 heavy (non-hydrogen) atoms. The first-order valence-corrected chi connectivity index (χ1v) is 9.45. The second-order valence-corrected chi connectivity index (χ2v) is 7.83. The van der Waals surface area contributed by atoms with Crippen molar-refractivity contribution in [3.63, 3.8) is 0 Å². The van der Waals surface area contributed by atoms with Gasteiger partial charge < -0.3 is 20.1 Å². The van der Waals surface area contributed by atoms with E-state index >= 15 is 0 Å². The number of morpholine rings is 1. The van der Waals surface area contributed by atoms with E-state index in [-0.39, 0.29) is 0 Å². The van der Waals surface area contributed by atoms with Crippen LogP contribution in [0.3, 0.4) is 0 Å². The van der Waals surface area contributed by atoms with Crippen molar-refractivity contribution in [3.05, 3.63) is 35.5 Å². The zero-order valence-electron chi connectivity index (χ0n) is 15.1. The number of aliphatic hydroxyl groups is 1. The fraction of sp³-hybridized carbons (Fsp3) is 0.600. The van der Waals surface area contributed by atoms with Crippen LogP contribution in [0.1, 0.15) is 24.6 Å². The molecule has 3 N–H and O–H groups in total. The van der Waals surface area contributed by atoms with Gasteiger partial charge >= 0.3 is 0 Å². The van der Waals surface area contributed by atoms with Gasteiger partial charge in [-0.3, -0.25) is 4.90 Å². The van der Waals surface area contributed by atoms with Gasteiger partial charge in [-0.2, -0.15) is 0 Å². The standard InChI is InChI=1S/C20H29N3O2/c1-20(24,14-23-8-10-25-11-9-23)13-21-15-6-7-19-17(12-15)16-4-2-3-5-18(16)22-19/h2-5,15,21-22,24H,6-14H2,1H3. The van der Waals surface area contributed by atoms with Gasteiger partial charge in [-0.1, -0.05) is 18.2 Å². The summed E-state index contributed by atoms with van der Waals surface area (Å²) >= 11 is 0. The van der Waals surface area contributed by atoms with Crippen LogP contribution in [-0.2, 0) is 17.6 Å². The van der Waals surface area contributed by atoms with Crippen LogP contribution in [0.2, 0.25) is 0 Å². The number of aromatic nitrogens is 1. The van der Waals surface area contributed by atoms with Crippen molar-refractivity contribution in [2.45, 2.75) is 37.8 Å². The Balaban J connectivity index is 1.35. The van der Waals surface area contributed by atoms with Crippen LogP contribution in [-0.4, -0.2) is 66.0 Å². The molecular weight excluding hydrogens is 314 g/mol. The SMILES string of the molecule is CC(O)(CNC1CCc2[nH]c3ccccc3c2C1)CN1CCOCC1. The molecule has 1 aromatic heterocycles. The molecule has 4 rings (SSSR count). The van der Waals surface area contributed by atoms with Gasteiger partial charge in [-0.05, 0) is 37.8 Å². The van der Waals surface area contributed by atoms with Crippen LogP contribution in [0.15, 0.2) is 24.3 Å². The second kappa shape index (κ2) is 7.08. The molecule has 0 bridgehead atoms. The molecule has 5 nitrogen and oxygen atoms in total. The van der Waals surface area contributed by atoms with E-state index in [9.17, 15) is 5.11 Å². The molecule has 1 aliphatic carbocycles. The fourth-order valence-corrected chi connectivity index (χ4v) is 4.20. The first kappa shape index (κ1) is 17.0. The molecule has 2 heterocycles. The highest BCUT2D eigenvalue weighted by Crippen LogP contribution is 2.29. The van der Waals surface area contributed by atoms with Crippen LogP contribution in [0, 0.1) is 0 Å². The minimum atomic E-state index is -0.710. The lowest BCUT2D eigenvalue weighted by molar-refractivity contribution is -0.0230. The Labute approximate surface area is 149 Å². The van der Waals surface area contributed by atoms with Crippen LogP contribution < -0.4 is 5.32 Å². The van der Waals surface area contributed by atoms with Gasteiger partial charge in [0.1, 0.15) is 0 Å².